The molecule has 0 saturated carbocycles. The van der Waals surface area contributed by atoms with Gasteiger partial charge < -0.3 is 10.4 Å². The Bertz CT molecular complexity index is 512. The monoisotopic (exact) mass is 289 g/mol. The molecule has 1 rings (SSSR count). The van der Waals surface area contributed by atoms with Gasteiger partial charge in [-0.05, 0) is 29.5 Å². The summed E-state index contributed by atoms with van der Waals surface area (Å²) < 4.78 is 0. The van der Waals surface area contributed by atoms with Gasteiger partial charge in [0, 0.05) is 5.69 Å². The van der Waals surface area contributed by atoms with Crippen molar-refractivity contribution in [3.63, 3.8) is 0 Å². The molecule has 1 aromatic carbocycles. The average molecular weight is 289 g/mol. The minimum Gasteiger partial charge on any atom is -0.481 e. The fraction of sp³-hybridized carbons (Fsp3) is 0.412. The van der Waals surface area contributed by atoms with Crippen molar-refractivity contribution in [2.24, 2.45) is 5.92 Å². The van der Waals surface area contributed by atoms with Gasteiger partial charge in [0.2, 0.25) is 5.91 Å². The molecule has 4 nitrogen and oxygen atoms in total. The maximum atomic E-state index is 12.1. The van der Waals surface area contributed by atoms with E-state index in [4.69, 9.17) is 5.11 Å². The Balaban J connectivity index is 2.76. The zero-order valence-corrected chi connectivity index (χ0v) is 12.8. The lowest BCUT2D eigenvalue weighted by Crippen LogP contribution is -2.24. The predicted molar refractivity (Wildman–Crippen MR) is 84.3 cm³/mol. The highest BCUT2D eigenvalue weighted by Gasteiger charge is 2.20. The quantitative estimate of drug-likeness (QED) is 0.786. The molecule has 4 heteroatoms. The lowest BCUT2D eigenvalue weighted by molar-refractivity contribution is -0.140. The summed E-state index contributed by atoms with van der Waals surface area (Å²) >= 11 is 0. The number of benzene rings is 1. The first-order valence-electron chi connectivity index (χ1n) is 6.98. The third-order valence-electron chi connectivity index (χ3n) is 3.26. The summed E-state index contributed by atoms with van der Waals surface area (Å²) in [4.78, 5) is 22.9. The predicted octanol–water partition coefficient (Wildman–Crippen LogP) is 3.59. The molecule has 1 amide bonds. The van der Waals surface area contributed by atoms with Crippen LogP contribution in [0.3, 0.4) is 0 Å². The number of aliphatic carboxylic acids is 1. The fourth-order valence-corrected chi connectivity index (χ4v) is 1.99. The third kappa shape index (κ3) is 5.42. The molecular weight excluding hydrogens is 266 g/mol. The van der Waals surface area contributed by atoms with E-state index in [0.717, 1.165) is 0 Å². The van der Waals surface area contributed by atoms with E-state index in [1.807, 2.05) is 24.3 Å². The molecule has 0 heterocycles. The Labute approximate surface area is 125 Å². The Kier molecular flexibility index (Phi) is 5.70. The summed E-state index contributed by atoms with van der Waals surface area (Å²) in [6, 6.07) is 7.61. The first-order valence-corrected chi connectivity index (χ1v) is 6.98. The molecule has 0 bridgehead atoms. The van der Waals surface area contributed by atoms with E-state index >= 15 is 0 Å². The second-order valence-corrected chi connectivity index (χ2v) is 6.14. The first kappa shape index (κ1) is 17.0. The summed E-state index contributed by atoms with van der Waals surface area (Å²) in [5.41, 5.74) is 1.90. The van der Waals surface area contributed by atoms with Crippen LogP contribution in [-0.2, 0) is 15.0 Å². The largest absolute Gasteiger partial charge is 0.481 e. The van der Waals surface area contributed by atoms with Crippen LogP contribution in [0.5, 0.6) is 0 Å². The van der Waals surface area contributed by atoms with E-state index in [2.05, 4.69) is 32.7 Å². The molecule has 0 fully saturated rings. The van der Waals surface area contributed by atoms with E-state index in [1.165, 1.54) is 5.56 Å². The number of nitrogens with one attached hydrogen (secondary N) is 1. The lowest BCUT2D eigenvalue weighted by Gasteiger charge is -2.19. The molecule has 0 saturated heterocycles. The van der Waals surface area contributed by atoms with E-state index in [9.17, 15) is 9.59 Å². The van der Waals surface area contributed by atoms with Crippen LogP contribution in [0.4, 0.5) is 5.69 Å². The number of carboxylic acid groups (broad SMARTS) is 1. The normalized spacial score (nSPS) is 12.5. The molecule has 0 radical (unpaired) electrons. The van der Waals surface area contributed by atoms with Crippen LogP contribution in [0.2, 0.25) is 0 Å². The zero-order chi connectivity index (χ0) is 16.0. The Morgan fingerprint density at radius 3 is 2.29 bits per heavy atom. The van der Waals surface area contributed by atoms with E-state index in [-0.39, 0.29) is 17.7 Å². The highest BCUT2D eigenvalue weighted by Crippen LogP contribution is 2.24. The molecule has 0 aliphatic carbocycles. The van der Waals surface area contributed by atoms with Gasteiger partial charge in [0.15, 0.2) is 0 Å². The Hall–Kier alpha value is -2.10. The maximum Gasteiger partial charge on any atom is 0.304 e. The Morgan fingerprint density at radius 1 is 1.29 bits per heavy atom. The number of carbonyl (C=O) groups is 2. The summed E-state index contributed by atoms with van der Waals surface area (Å²) in [5, 5.41) is 11.6. The van der Waals surface area contributed by atoms with E-state index in [0.29, 0.717) is 12.1 Å². The lowest BCUT2D eigenvalue weighted by atomic mass is 9.87. The van der Waals surface area contributed by atoms with Crippen LogP contribution in [0.1, 0.15) is 39.2 Å². The summed E-state index contributed by atoms with van der Waals surface area (Å²) in [6.45, 7) is 9.92. The molecule has 114 valence electrons. The molecule has 1 aromatic rings. The molecular formula is C17H23NO3. The topological polar surface area (TPSA) is 66.4 Å². The van der Waals surface area contributed by atoms with Crippen LogP contribution in [0.15, 0.2) is 36.9 Å². The van der Waals surface area contributed by atoms with Crippen molar-refractivity contribution < 1.29 is 14.7 Å². The van der Waals surface area contributed by atoms with Crippen LogP contribution in [0.25, 0.3) is 0 Å². The number of rotatable bonds is 6. The number of anilines is 1. The van der Waals surface area contributed by atoms with Crippen molar-refractivity contribution in [3.05, 3.63) is 42.5 Å². The number of carboxylic acids is 1. The van der Waals surface area contributed by atoms with Gasteiger partial charge in [0.25, 0.3) is 0 Å². The van der Waals surface area contributed by atoms with Gasteiger partial charge in [0.1, 0.15) is 0 Å². The highest BCUT2D eigenvalue weighted by atomic mass is 16.4. The van der Waals surface area contributed by atoms with Gasteiger partial charge in [-0.15, -0.1) is 6.58 Å². The van der Waals surface area contributed by atoms with Gasteiger partial charge in [-0.25, -0.2) is 0 Å². The van der Waals surface area contributed by atoms with Crippen molar-refractivity contribution >= 4 is 17.6 Å². The van der Waals surface area contributed by atoms with Crippen molar-refractivity contribution in [2.45, 2.75) is 39.0 Å². The smallest absolute Gasteiger partial charge is 0.304 e. The van der Waals surface area contributed by atoms with Crippen molar-refractivity contribution in [1.82, 2.24) is 0 Å². The molecule has 0 aliphatic rings. The van der Waals surface area contributed by atoms with Crippen LogP contribution < -0.4 is 5.32 Å². The van der Waals surface area contributed by atoms with Gasteiger partial charge in [-0.2, -0.15) is 0 Å². The Morgan fingerprint density at radius 2 is 1.86 bits per heavy atom. The molecule has 1 unspecified atom stereocenters. The van der Waals surface area contributed by atoms with Crippen LogP contribution in [0, 0.1) is 5.92 Å². The number of hydrogen-bond donors (Lipinski definition) is 2. The highest BCUT2D eigenvalue weighted by molar-refractivity contribution is 5.94. The molecule has 0 aromatic heterocycles. The number of amides is 1. The van der Waals surface area contributed by atoms with Crippen molar-refractivity contribution in [3.8, 4) is 0 Å². The fourth-order valence-electron chi connectivity index (χ4n) is 1.99. The SMILES string of the molecule is C=CCC(CC(=O)O)C(=O)Nc1ccc(C(C)(C)C)cc1. The second-order valence-electron chi connectivity index (χ2n) is 6.14. The average Bonchev–Trinajstić information content (AvgIpc) is 2.37. The summed E-state index contributed by atoms with van der Waals surface area (Å²) in [6.07, 6.45) is 1.71. The molecule has 0 spiro atoms. The van der Waals surface area contributed by atoms with E-state index in [1.54, 1.807) is 6.08 Å². The standard InChI is InChI=1S/C17H23NO3/c1-5-6-12(11-15(19)20)16(21)18-14-9-7-13(8-10-14)17(2,3)4/h5,7-10,12H,1,6,11H2,2-4H3,(H,18,21)(H,19,20). The van der Waals surface area contributed by atoms with Gasteiger partial charge in [-0.3, -0.25) is 9.59 Å². The van der Waals surface area contributed by atoms with Gasteiger partial charge in [0.05, 0.1) is 12.3 Å². The minimum absolute atomic E-state index is 0.0528. The summed E-state index contributed by atoms with van der Waals surface area (Å²) in [7, 11) is 0. The molecule has 21 heavy (non-hydrogen) atoms. The second kappa shape index (κ2) is 7.07. The molecule has 1 atom stereocenters. The van der Waals surface area contributed by atoms with Crippen molar-refractivity contribution in [1.29, 1.82) is 0 Å². The number of carbonyl (C=O) groups excluding carboxylic acids is 1. The minimum atomic E-state index is -0.986. The van der Waals surface area contributed by atoms with Crippen molar-refractivity contribution in [2.75, 3.05) is 5.32 Å². The zero-order valence-electron chi connectivity index (χ0n) is 12.8. The maximum absolute atomic E-state index is 12.1. The third-order valence-corrected chi connectivity index (χ3v) is 3.26. The van der Waals surface area contributed by atoms with Crippen LogP contribution >= 0.6 is 0 Å². The number of hydrogen-bond acceptors (Lipinski definition) is 2. The first-order chi connectivity index (χ1) is 9.74. The van der Waals surface area contributed by atoms with E-state index < -0.39 is 11.9 Å². The van der Waals surface area contributed by atoms with Gasteiger partial charge in [-0.1, -0.05) is 39.0 Å². The van der Waals surface area contributed by atoms with Gasteiger partial charge >= 0.3 is 5.97 Å². The molecule has 2 N–H and O–H groups in total. The molecule has 0 aliphatic heterocycles. The summed E-state index contributed by atoms with van der Waals surface area (Å²) in [5.74, 6) is -1.87. The van der Waals surface area contributed by atoms with Crippen LogP contribution in [-0.4, -0.2) is 17.0 Å². The number of allylic oxidation sites excluding steroid dienone is 1.